The van der Waals surface area contributed by atoms with Crippen molar-refractivity contribution < 1.29 is 0 Å². The molecule has 0 spiro atoms. The van der Waals surface area contributed by atoms with E-state index in [2.05, 4.69) is 9.98 Å². The minimum absolute atomic E-state index is 0.286. The summed E-state index contributed by atoms with van der Waals surface area (Å²) >= 11 is 0. The zero-order valence-electron chi connectivity index (χ0n) is 10.7. The summed E-state index contributed by atoms with van der Waals surface area (Å²) in [5, 5.41) is 0. The lowest BCUT2D eigenvalue weighted by Gasteiger charge is -2.09. The maximum atomic E-state index is 11.9. The zero-order valence-corrected chi connectivity index (χ0v) is 10.7. The average molecular weight is 258 g/mol. The first kappa shape index (κ1) is 12.8. The molecule has 6 heteroatoms. The third-order valence-electron chi connectivity index (χ3n) is 2.36. The summed E-state index contributed by atoms with van der Waals surface area (Å²) < 4.78 is 1.35. The summed E-state index contributed by atoms with van der Waals surface area (Å²) in [5.74, 6) is 0.286. The fraction of sp³-hybridized carbons (Fsp3) is 0.154. The van der Waals surface area contributed by atoms with Crippen LogP contribution in [0.4, 0.5) is 5.82 Å². The Hall–Kier alpha value is -2.63. The van der Waals surface area contributed by atoms with Gasteiger partial charge in [-0.3, -0.25) is 9.78 Å². The number of aromatic nitrogens is 2. The van der Waals surface area contributed by atoms with Gasteiger partial charge in [-0.2, -0.15) is 0 Å². The number of H-pyrrole nitrogens is 1. The van der Waals surface area contributed by atoms with Crippen LogP contribution in [-0.2, 0) is 0 Å². The second-order valence-corrected chi connectivity index (χ2v) is 4.18. The van der Waals surface area contributed by atoms with Gasteiger partial charge in [-0.15, -0.1) is 0 Å². The van der Waals surface area contributed by atoms with E-state index in [1.807, 2.05) is 32.3 Å². The molecule has 0 atom stereocenters. The smallest absolute Gasteiger partial charge is 0.334 e. The molecule has 0 amide bonds. The Morgan fingerprint density at radius 3 is 2.53 bits per heavy atom. The Balaban J connectivity index is 2.66. The molecule has 1 aromatic carbocycles. The van der Waals surface area contributed by atoms with Crippen molar-refractivity contribution in [1.82, 2.24) is 14.5 Å². The summed E-state index contributed by atoms with van der Waals surface area (Å²) in [6.07, 6.45) is 1.54. The van der Waals surface area contributed by atoms with Gasteiger partial charge in [-0.1, -0.05) is 18.2 Å². The molecule has 1 aromatic heterocycles. The molecular weight excluding hydrogens is 244 g/mol. The predicted molar refractivity (Wildman–Crippen MR) is 74.5 cm³/mol. The van der Waals surface area contributed by atoms with E-state index in [1.54, 1.807) is 17.0 Å². The summed E-state index contributed by atoms with van der Waals surface area (Å²) in [6.45, 7) is 0. The van der Waals surface area contributed by atoms with Gasteiger partial charge in [0.1, 0.15) is 5.82 Å². The first-order valence-electron chi connectivity index (χ1n) is 5.70. The van der Waals surface area contributed by atoms with Gasteiger partial charge in [0.05, 0.1) is 12.0 Å². The summed E-state index contributed by atoms with van der Waals surface area (Å²) in [5.41, 5.74) is -0.331. The molecule has 0 aliphatic heterocycles. The third kappa shape index (κ3) is 2.98. The topological polar surface area (TPSA) is 70.5 Å². The van der Waals surface area contributed by atoms with Crippen molar-refractivity contribution in [1.29, 1.82) is 0 Å². The summed E-state index contributed by atoms with van der Waals surface area (Å²) in [6, 6.07) is 10.3. The molecule has 6 nitrogen and oxygen atoms in total. The van der Waals surface area contributed by atoms with Gasteiger partial charge in [0.2, 0.25) is 0 Å². The lowest BCUT2D eigenvalue weighted by molar-refractivity contribution is 0.642. The fourth-order valence-corrected chi connectivity index (χ4v) is 1.58. The molecule has 2 rings (SSSR count). The SMILES string of the molecule is CN(C)C=Nc1cc(=O)[nH]c(=O)n1-c1ccccc1. The van der Waals surface area contributed by atoms with E-state index in [4.69, 9.17) is 0 Å². The first-order valence-corrected chi connectivity index (χ1v) is 5.70. The highest BCUT2D eigenvalue weighted by molar-refractivity contribution is 5.60. The highest BCUT2D eigenvalue weighted by Gasteiger charge is 2.06. The minimum Gasteiger partial charge on any atom is -0.369 e. The third-order valence-corrected chi connectivity index (χ3v) is 2.36. The van der Waals surface area contributed by atoms with E-state index >= 15 is 0 Å². The number of nitrogens with zero attached hydrogens (tertiary/aromatic N) is 3. The monoisotopic (exact) mass is 258 g/mol. The summed E-state index contributed by atoms with van der Waals surface area (Å²) in [7, 11) is 3.61. The normalized spacial score (nSPS) is 10.8. The number of benzene rings is 1. The van der Waals surface area contributed by atoms with Crippen molar-refractivity contribution in [2.45, 2.75) is 0 Å². The molecule has 2 aromatic rings. The lowest BCUT2D eigenvalue weighted by Crippen LogP contribution is -2.28. The van der Waals surface area contributed by atoms with Crippen LogP contribution in [0.3, 0.4) is 0 Å². The molecular formula is C13H14N4O2. The molecule has 0 saturated carbocycles. The van der Waals surface area contributed by atoms with Gasteiger partial charge >= 0.3 is 5.69 Å². The van der Waals surface area contributed by atoms with Crippen LogP contribution in [0.2, 0.25) is 0 Å². The Morgan fingerprint density at radius 1 is 1.21 bits per heavy atom. The highest BCUT2D eigenvalue weighted by Crippen LogP contribution is 2.12. The van der Waals surface area contributed by atoms with Crippen molar-refractivity contribution in [2.24, 2.45) is 4.99 Å². The standard InChI is InChI=1S/C13H14N4O2/c1-16(2)9-14-11-8-12(18)15-13(19)17(11)10-6-4-3-5-7-10/h3-9H,1-2H3,(H,15,18,19). The van der Waals surface area contributed by atoms with Crippen molar-refractivity contribution in [3.05, 3.63) is 57.2 Å². The molecule has 0 aliphatic carbocycles. The van der Waals surface area contributed by atoms with Crippen LogP contribution in [0, 0.1) is 0 Å². The van der Waals surface area contributed by atoms with Crippen LogP contribution in [0.5, 0.6) is 0 Å². The van der Waals surface area contributed by atoms with Crippen molar-refractivity contribution in [2.75, 3.05) is 14.1 Å². The van der Waals surface area contributed by atoms with Crippen LogP contribution in [-0.4, -0.2) is 34.9 Å². The number of nitrogens with one attached hydrogen (secondary N) is 1. The second-order valence-electron chi connectivity index (χ2n) is 4.18. The summed E-state index contributed by atoms with van der Waals surface area (Å²) in [4.78, 5) is 31.4. The van der Waals surface area contributed by atoms with Crippen LogP contribution >= 0.6 is 0 Å². The van der Waals surface area contributed by atoms with E-state index in [0.29, 0.717) is 5.69 Å². The average Bonchev–Trinajstić information content (AvgIpc) is 2.36. The maximum absolute atomic E-state index is 11.9. The van der Waals surface area contributed by atoms with Gasteiger partial charge in [-0.25, -0.2) is 14.4 Å². The minimum atomic E-state index is -0.510. The van der Waals surface area contributed by atoms with Crippen LogP contribution in [0.15, 0.2) is 51.0 Å². The number of rotatable bonds is 3. The van der Waals surface area contributed by atoms with Crippen molar-refractivity contribution in [3.63, 3.8) is 0 Å². The van der Waals surface area contributed by atoms with Gasteiger partial charge < -0.3 is 4.90 Å². The molecule has 1 N–H and O–H groups in total. The first-order chi connectivity index (χ1) is 9.08. The van der Waals surface area contributed by atoms with Crippen LogP contribution in [0.1, 0.15) is 0 Å². The van der Waals surface area contributed by atoms with Crippen molar-refractivity contribution in [3.8, 4) is 5.69 Å². The fourth-order valence-electron chi connectivity index (χ4n) is 1.58. The van der Waals surface area contributed by atoms with Crippen molar-refractivity contribution >= 4 is 12.2 Å². The number of para-hydroxylation sites is 1. The number of aromatic amines is 1. The van der Waals surface area contributed by atoms with E-state index < -0.39 is 11.2 Å². The molecule has 98 valence electrons. The molecule has 0 unspecified atom stereocenters. The second kappa shape index (κ2) is 5.34. The Labute approximate surface area is 109 Å². The van der Waals surface area contributed by atoms with Gasteiger partial charge in [-0.05, 0) is 12.1 Å². The number of aliphatic imine (C=N–C) groups is 1. The Kier molecular flexibility index (Phi) is 3.61. The van der Waals surface area contributed by atoms with Gasteiger partial charge in [0.15, 0.2) is 0 Å². The van der Waals surface area contributed by atoms with E-state index in [-0.39, 0.29) is 5.82 Å². The predicted octanol–water partition coefficient (Wildman–Crippen LogP) is 0.747. The number of hydrogen-bond donors (Lipinski definition) is 1. The molecule has 0 aliphatic rings. The van der Waals surface area contributed by atoms with Crippen LogP contribution < -0.4 is 11.2 Å². The Morgan fingerprint density at radius 2 is 1.89 bits per heavy atom. The zero-order chi connectivity index (χ0) is 13.8. The molecule has 0 fully saturated rings. The lowest BCUT2D eigenvalue weighted by atomic mass is 10.3. The molecule has 19 heavy (non-hydrogen) atoms. The Bertz CT molecular complexity index is 699. The molecule has 0 saturated heterocycles. The molecule has 0 radical (unpaired) electrons. The number of hydrogen-bond acceptors (Lipinski definition) is 3. The van der Waals surface area contributed by atoms with Gasteiger partial charge in [0.25, 0.3) is 5.56 Å². The largest absolute Gasteiger partial charge is 0.369 e. The van der Waals surface area contributed by atoms with E-state index in [9.17, 15) is 9.59 Å². The van der Waals surface area contributed by atoms with E-state index in [1.165, 1.54) is 17.0 Å². The highest BCUT2D eigenvalue weighted by atomic mass is 16.2. The molecule has 1 heterocycles. The van der Waals surface area contributed by atoms with E-state index in [0.717, 1.165) is 0 Å². The van der Waals surface area contributed by atoms with Gasteiger partial charge in [0, 0.05) is 20.2 Å². The van der Waals surface area contributed by atoms with Crippen LogP contribution in [0.25, 0.3) is 5.69 Å². The maximum Gasteiger partial charge on any atom is 0.334 e. The quantitative estimate of drug-likeness (QED) is 0.652. The molecule has 0 bridgehead atoms.